The lowest BCUT2D eigenvalue weighted by atomic mass is 9.73. The maximum Gasteiger partial charge on any atom is 0.236 e. The molecule has 2 aromatic carbocycles. The first-order chi connectivity index (χ1) is 11.8. The molecule has 1 N–H and O–H groups in total. The molecule has 0 bridgehead atoms. The number of nitrogens with zero attached hydrogens (tertiary/aromatic N) is 1. The van der Waals surface area contributed by atoms with E-state index in [0.717, 1.165) is 15.8 Å². The first kappa shape index (κ1) is 15.3. The number of carbonyl (C=O) groups excluding carboxylic acids is 1. The third-order valence-electron chi connectivity index (χ3n) is 4.62. The molecule has 0 spiro atoms. The molecule has 0 unspecified atom stereocenters. The summed E-state index contributed by atoms with van der Waals surface area (Å²) in [4.78, 5) is 17.7. The van der Waals surface area contributed by atoms with Crippen LogP contribution in [0, 0.1) is 0 Å². The Labute approximate surface area is 144 Å². The molecular formula is C19H18N2O2S. The van der Waals surface area contributed by atoms with Gasteiger partial charge in [-0.15, -0.1) is 0 Å². The Morgan fingerprint density at radius 3 is 2.50 bits per heavy atom. The van der Waals surface area contributed by atoms with Crippen molar-refractivity contribution in [2.24, 2.45) is 0 Å². The van der Waals surface area contributed by atoms with Crippen molar-refractivity contribution in [2.45, 2.75) is 18.3 Å². The lowest BCUT2D eigenvalue weighted by Crippen LogP contribution is -2.44. The second kappa shape index (κ2) is 6.34. The number of aromatic nitrogens is 1. The van der Waals surface area contributed by atoms with Crippen LogP contribution in [-0.4, -0.2) is 24.1 Å². The van der Waals surface area contributed by atoms with Gasteiger partial charge in [0.25, 0.3) is 0 Å². The van der Waals surface area contributed by atoms with Crippen LogP contribution in [0.4, 0.5) is 5.13 Å². The van der Waals surface area contributed by atoms with Crippen molar-refractivity contribution in [2.75, 3.05) is 18.5 Å². The van der Waals surface area contributed by atoms with E-state index in [1.165, 1.54) is 11.3 Å². The van der Waals surface area contributed by atoms with Crippen molar-refractivity contribution < 1.29 is 9.53 Å². The van der Waals surface area contributed by atoms with E-state index in [9.17, 15) is 4.79 Å². The topological polar surface area (TPSA) is 51.2 Å². The van der Waals surface area contributed by atoms with Gasteiger partial charge < -0.3 is 10.1 Å². The second-order valence-electron chi connectivity index (χ2n) is 6.00. The van der Waals surface area contributed by atoms with E-state index >= 15 is 0 Å². The van der Waals surface area contributed by atoms with Crippen molar-refractivity contribution in [1.82, 2.24) is 4.98 Å². The molecule has 122 valence electrons. The van der Waals surface area contributed by atoms with Crippen LogP contribution < -0.4 is 5.32 Å². The number of ether oxygens (including phenoxy) is 1. The molecule has 0 atom stereocenters. The molecule has 1 aliphatic rings. The molecule has 1 saturated heterocycles. The third kappa shape index (κ3) is 2.70. The van der Waals surface area contributed by atoms with E-state index in [1.54, 1.807) is 0 Å². The van der Waals surface area contributed by atoms with Crippen LogP contribution >= 0.6 is 11.3 Å². The van der Waals surface area contributed by atoms with Gasteiger partial charge in [0, 0.05) is 13.2 Å². The molecule has 0 saturated carbocycles. The van der Waals surface area contributed by atoms with Crippen LogP contribution in [0.1, 0.15) is 18.4 Å². The molecule has 1 amide bonds. The summed E-state index contributed by atoms with van der Waals surface area (Å²) in [6.45, 7) is 1.20. The van der Waals surface area contributed by atoms with Crippen LogP contribution in [0.3, 0.4) is 0 Å². The highest BCUT2D eigenvalue weighted by atomic mass is 32.1. The number of rotatable bonds is 3. The molecule has 2 heterocycles. The van der Waals surface area contributed by atoms with E-state index in [2.05, 4.69) is 10.3 Å². The Morgan fingerprint density at radius 1 is 1.04 bits per heavy atom. The van der Waals surface area contributed by atoms with Gasteiger partial charge in [-0.3, -0.25) is 4.79 Å². The third-order valence-corrected chi connectivity index (χ3v) is 5.57. The molecule has 3 aromatic rings. The molecule has 5 heteroatoms. The van der Waals surface area contributed by atoms with Gasteiger partial charge in [-0.2, -0.15) is 0 Å². The summed E-state index contributed by atoms with van der Waals surface area (Å²) in [7, 11) is 0. The quantitative estimate of drug-likeness (QED) is 0.786. The molecule has 4 nitrogen and oxygen atoms in total. The highest BCUT2D eigenvalue weighted by molar-refractivity contribution is 7.22. The summed E-state index contributed by atoms with van der Waals surface area (Å²) < 4.78 is 6.58. The first-order valence-electron chi connectivity index (χ1n) is 8.08. The molecule has 0 aliphatic carbocycles. The largest absolute Gasteiger partial charge is 0.381 e. The standard InChI is InChI=1S/C19H18N2O2S/c22-17(21-18-20-15-8-4-5-9-16(15)24-18)19(10-12-23-13-11-19)14-6-2-1-3-7-14/h1-9H,10-13H2,(H,20,21,22). The van der Waals surface area contributed by atoms with Crippen LogP contribution in [-0.2, 0) is 14.9 Å². The Kier molecular flexibility index (Phi) is 4.04. The van der Waals surface area contributed by atoms with Crippen LogP contribution in [0.25, 0.3) is 10.2 Å². The highest BCUT2D eigenvalue weighted by Gasteiger charge is 2.41. The average molecular weight is 338 g/mol. The summed E-state index contributed by atoms with van der Waals surface area (Å²) >= 11 is 1.51. The Balaban J connectivity index is 1.66. The SMILES string of the molecule is O=C(Nc1nc2ccccc2s1)C1(c2ccccc2)CCOCC1. The van der Waals surface area contributed by atoms with Gasteiger partial charge in [0.1, 0.15) is 0 Å². The molecule has 0 radical (unpaired) electrons. The number of amides is 1. The number of carbonyl (C=O) groups is 1. The summed E-state index contributed by atoms with van der Waals surface area (Å²) in [5.74, 6) is 0.0102. The van der Waals surface area contributed by atoms with Gasteiger partial charge in [-0.25, -0.2) is 4.98 Å². The molecular weight excluding hydrogens is 320 g/mol. The van der Waals surface area contributed by atoms with E-state index < -0.39 is 5.41 Å². The highest BCUT2D eigenvalue weighted by Crippen LogP contribution is 2.37. The average Bonchev–Trinajstić information content (AvgIpc) is 3.05. The summed E-state index contributed by atoms with van der Waals surface area (Å²) in [6.07, 6.45) is 1.38. The first-order valence-corrected chi connectivity index (χ1v) is 8.90. The minimum Gasteiger partial charge on any atom is -0.381 e. The van der Waals surface area contributed by atoms with E-state index in [-0.39, 0.29) is 5.91 Å². The van der Waals surface area contributed by atoms with Gasteiger partial charge in [0.2, 0.25) is 5.91 Å². The maximum atomic E-state index is 13.2. The lowest BCUT2D eigenvalue weighted by Gasteiger charge is -2.35. The predicted molar refractivity (Wildman–Crippen MR) is 96.4 cm³/mol. The van der Waals surface area contributed by atoms with Crippen LogP contribution in [0.5, 0.6) is 0 Å². The summed E-state index contributed by atoms with van der Waals surface area (Å²) in [5.41, 5.74) is 1.42. The normalized spacial score (nSPS) is 16.8. The molecule has 4 rings (SSSR count). The fourth-order valence-corrected chi connectivity index (χ4v) is 4.13. The summed E-state index contributed by atoms with van der Waals surface area (Å²) in [5, 5.41) is 3.71. The number of anilines is 1. The predicted octanol–water partition coefficient (Wildman–Crippen LogP) is 3.98. The molecule has 24 heavy (non-hydrogen) atoms. The van der Waals surface area contributed by atoms with Gasteiger partial charge in [0.05, 0.1) is 15.6 Å². The van der Waals surface area contributed by atoms with Gasteiger partial charge >= 0.3 is 0 Å². The molecule has 1 fully saturated rings. The van der Waals surface area contributed by atoms with Gasteiger partial charge in [-0.05, 0) is 30.5 Å². The number of para-hydroxylation sites is 1. The second-order valence-corrected chi connectivity index (χ2v) is 7.03. The Morgan fingerprint density at radius 2 is 1.75 bits per heavy atom. The molecule has 1 aliphatic heterocycles. The Hall–Kier alpha value is -2.24. The van der Waals surface area contributed by atoms with E-state index in [1.807, 2.05) is 54.6 Å². The number of nitrogens with one attached hydrogen (secondary N) is 1. The number of thiazole rings is 1. The van der Waals surface area contributed by atoms with Crippen LogP contribution in [0.15, 0.2) is 54.6 Å². The van der Waals surface area contributed by atoms with Crippen LogP contribution in [0.2, 0.25) is 0 Å². The number of hydrogen-bond acceptors (Lipinski definition) is 4. The van der Waals surface area contributed by atoms with E-state index in [0.29, 0.717) is 31.2 Å². The van der Waals surface area contributed by atoms with E-state index in [4.69, 9.17) is 4.74 Å². The van der Waals surface area contributed by atoms with Crippen molar-refractivity contribution in [3.8, 4) is 0 Å². The van der Waals surface area contributed by atoms with Gasteiger partial charge in [0.15, 0.2) is 5.13 Å². The van der Waals surface area contributed by atoms with Gasteiger partial charge in [-0.1, -0.05) is 53.8 Å². The smallest absolute Gasteiger partial charge is 0.236 e. The monoisotopic (exact) mass is 338 g/mol. The zero-order valence-electron chi connectivity index (χ0n) is 13.2. The van der Waals surface area contributed by atoms with Crippen molar-refractivity contribution in [1.29, 1.82) is 0 Å². The number of benzene rings is 2. The lowest BCUT2D eigenvalue weighted by molar-refractivity contribution is -0.125. The summed E-state index contributed by atoms with van der Waals surface area (Å²) in [6, 6.07) is 17.9. The number of hydrogen-bond donors (Lipinski definition) is 1. The minimum atomic E-state index is -0.544. The minimum absolute atomic E-state index is 0.0102. The molecule has 1 aromatic heterocycles. The zero-order valence-corrected chi connectivity index (χ0v) is 14.0. The maximum absolute atomic E-state index is 13.2. The fourth-order valence-electron chi connectivity index (χ4n) is 3.27. The fraction of sp³-hybridized carbons (Fsp3) is 0.263. The zero-order chi connectivity index (χ0) is 16.4. The van der Waals surface area contributed by atoms with Crippen molar-refractivity contribution >= 4 is 32.6 Å². The van der Waals surface area contributed by atoms with Crippen molar-refractivity contribution in [3.05, 3.63) is 60.2 Å². The Bertz CT molecular complexity index is 821. The number of fused-ring (bicyclic) bond motifs is 1. The van der Waals surface area contributed by atoms with Crippen molar-refractivity contribution in [3.63, 3.8) is 0 Å².